The highest BCUT2D eigenvalue weighted by Gasteiger charge is 2.78. The smallest absolute Gasteiger partial charge is 0.407 e. The lowest BCUT2D eigenvalue weighted by atomic mass is 9.44. The summed E-state index contributed by atoms with van der Waals surface area (Å²) in [6, 6.07) is 14.4. The number of furan rings is 1. The van der Waals surface area contributed by atoms with E-state index in [1.807, 2.05) is 48.5 Å². The zero-order valence-corrected chi connectivity index (χ0v) is 41.3. The quantitative estimate of drug-likeness (QED) is 0.0679. The molecule has 0 aliphatic heterocycles. The number of fused-ring (bicyclic) bond motifs is 8. The Bertz CT molecular complexity index is 2620. The van der Waals surface area contributed by atoms with Gasteiger partial charge in [-0.15, -0.1) is 0 Å². The molecule has 0 saturated heterocycles. The van der Waals surface area contributed by atoms with Crippen molar-refractivity contribution in [3.05, 3.63) is 102 Å². The molecule has 71 heavy (non-hydrogen) atoms. The van der Waals surface area contributed by atoms with Crippen LogP contribution in [0.3, 0.4) is 0 Å². The van der Waals surface area contributed by atoms with E-state index < -0.39 is 123 Å². The number of esters is 1. The van der Waals surface area contributed by atoms with Gasteiger partial charge in [0.15, 0.2) is 17.1 Å². The number of carbonyl (C=O) groups excluding carboxylic acids is 6. The normalized spacial score (nSPS) is 29.8. The Balaban J connectivity index is 0.983. The number of halogens is 3. The number of thioether (sulfide) groups is 1. The second kappa shape index (κ2) is 19.6. The van der Waals surface area contributed by atoms with Crippen LogP contribution in [0.1, 0.15) is 108 Å². The SMILES string of the molecule is C[C@@H]1C[C@H]2[C@@H]3C[C@H](F)C4=CC(=O)C=C[C@]4(C)[C@@]3(F)[C@@H](O)C[C@]2(C)[C@@]1(OC(=O)c1cc(NC(=O)[C@H](CCCCNC(=O)OC(C)(C)C)NC(=O)OCC2c3ccccc3-c3ccccc32)co1)C(=O)SCF. The number of benzene rings is 2. The molecule has 3 fully saturated rings. The molecule has 0 radical (unpaired) electrons. The van der Waals surface area contributed by atoms with Crippen LogP contribution in [0.25, 0.3) is 11.1 Å². The third-order valence-corrected chi connectivity index (χ3v) is 16.2. The second-order valence-corrected chi connectivity index (χ2v) is 21.7. The number of unbranched alkanes of at least 4 members (excludes halogenated alkanes) is 1. The summed E-state index contributed by atoms with van der Waals surface area (Å²) in [7, 11) is 0. The molecule has 10 atom stereocenters. The third kappa shape index (κ3) is 9.19. The van der Waals surface area contributed by atoms with Crippen LogP contribution < -0.4 is 16.0 Å². The molecule has 3 saturated carbocycles. The first kappa shape index (κ1) is 51.5. The number of allylic oxidation sites excluding steroid dienone is 4. The number of carbonyl (C=O) groups is 6. The average Bonchev–Trinajstić information content (AvgIpc) is 3.97. The van der Waals surface area contributed by atoms with Gasteiger partial charge in [-0.2, -0.15) is 0 Å². The second-order valence-electron chi connectivity index (χ2n) is 20.8. The number of nitrogens with one attached hydrogen (secondary N) is 3. The monoisotopic (exact) mass is 1000 g/mol. The van der Waals surface area contributed by atoms with Gasteiger partial charge < -0.3 is 39.7 Å². The van der Waals surface area contributed by atoms with Crippen LogP contribution in [0.2, 0.25) is 0 Å². The molecule has 14 nitrogen and oxygen atoms in total. The van der Waals surface area contributed by atoms with Crippen LogP contribution >= 0.6 is 11.8 Å². The van der Waals surface area contributed by atoms with E-state index in [4.69, 9.17) is 18.6 Å². The number of alkyl carbamates (subject to hydrolysis) is 2. The van der Waals surface area contributed by atoms with E-state index in [0.29, 0.717) is 12.8 Å². The molecule has 2 aromatic carbocycles. The lowest BCUT2D eigenvalue weighted by Gasteiger charge is -2.63. The maximum Gasteiger partial charge on any atom is 0.407 e. The van der Waals surface area contributed by atoms with E-state index in [2.05, 4.69) is 16.0 Å². The fraction of sp³-hybridized carbons (Fsp3) is 0.509. The highest BCUT2D eigenvalue weighted by molar-refractivity contribution is 8.13. The van der Waals surface area contributed by atoms with Crippen molar-refractivity contribution in [3.8, 4) is 11.1 Å². The Morgan fingerprint density at radius 2 is 1.65 bits per heavy atom. The van der Waals surface area contributed by atoms with Crippen LogP contribution in [0.15, 0.2) is 89.1 Å². The highest BCUT2D eigenvalue weighted by Crippen LogP contribution is 2.72. The number of rotatable bonds is 14. The first-order chi connectivity index (χ1) is 33.6. The largest absolute Gasteiger partial charge is 0.455 e. The Morgan fingerprint density at radius 1 is 0.972 bits per heavy atom. The van der Waals surface area contributed by atoms with Crippen molar-refractivity contribution >= 4 is 52.4 Å². The van der Waals surface area contributed by atoms with Gasteiger partial charge in [-0.25, -0.2) is 27.6 Å². The molecular weight excluding hydrogens is 944 g/mol. The van der Waals surface area contributed by atoms with Gasteiger partial charge in [0.2, 0.25) is 16.8 Å². The first-order valence-electron chi connectivity index (χ1n) is 24.0. The number of ether oxygens (including phenoxy) is 3. The van der Waals surface area contributed by atoms with Crippen molar-refractivity contribution in [3.63, 3.8) is 0 Å². The summed E-state index contributed by atoms with van der Waals surface area (Å²) in [5, 5.41) is 19.0. The maximum absolute atomic E-state index is 17.9. The maximum atomic E-state index is 17.9. The van der Waals surface area contributed by atoms with Gasteiger partial charge in [0, 0.05) is 41.2 Å². The molecular formula is C53H60F3N3O11S. The van der Waals surface area contributed by atoms with E-state index in [1.54, 1.807) is 34.6 Å². The van der Waals surface area contributed by atoms with Gasteiger partial charge >= 0.3 is 18.2 Å². The van der Waals surface area contributed by atoms with Gasteiger partial charge in [-0.1, -0.05) is 68.5 Å². The number of aliphatic hydroxyl groups excluding tert-OH is 1. The number of anilines is 1. The Hall–Kier alpha value is -5.88. The molecule has 8 rings (SSSR count). The minimum absolute atomic E-state index is 0.0186. The molecule has 3 aromatic rings. The molecule has 0 spiro atoms. The first-order valence-corrected chi connectivity index (χ1v) is 25.0. The molecule has 1 aromatic heterocycles. The Kier molecular flexibility index (Phi) is 14.2. The van der Waals surface area contributed by atoms with Gasteiger partial charge in [0.05, 0.1) is 11.8 Å². The fourth-order valence-corrected chi connectivity index (χ4v) is 13.1. The van der Waals surface area contributed by atoms with E-state index in [9.17, 15) is 38.3 Å². The van der Waals surface area contributed by atoms with Crippen LogP contribution in [0.5, 0.6) is 0 Å². The van der Waals surface area contributed by atoms with Crippen LogP contribution in [-0.4, -0.2) is 94.4 Å². The van der Waals surface area contributed by atoms with E-state index in [1.165, 1.54) is 13.0 Å². The molecule has 1 heterocycles. The molecule has 380 valence electrons. The summed E-state index contributed by atoms with van der Waals surface area (Å²) in [5.41, 5.74) is -4.64. The molecule has 0 unspecified atom stereocenters. The topological polar surface area (TPSA) is 200 Å². The lowest BCUT2D eigenvalue weighted by molar-refractivity contribution is -0.221. The Labute approximate surface area is 414 Å². The fourth-order valence-electron chi connectivity index (χ4n) is 12.3. The molecule has 0 bridgehead atoms. The van der Waals surface area contributed by atoms with E-state index in [0.717, 1.165) is 46.7 Å². The number of alkyl halides is 3. The van der Waals surface area contributed by atoms with E-state index >= 15 is 8.78 Å². The van der Waals surface area contributed by atoms with Crippen molar-refractivity contribution in [2.24, 2.45) is 28.6 Å². The summed E-state index contributed by atoms with van der Waals surface area (Å²) in [4.78, 5) is 80.5. The lowest BCUT2D eigenvalue weighted by Crippen LogP contribution is -2.70. The van der Waals surface area contributed by atoms with Crippen molar-refractivity contribution in [1.82, 2.24) is 10.6 Å². The van der Waals surface area contributed by atoms with Gasteiger partial charge in [0.1, 0.15) is 36.7 Å². The molecule has 5 aliphatic carbocycles. The predicted molar refractivity (Wildman–Crippen MR) is 257 cm³/mol. The van der Waals surface area contributed by atoms with Crippen molar-refractivity contribution in [1.29, 1.82) is 0 Å². The molecule has 4 N–H and O–H groups in total. The van der Waals surface area contributed by atoms with Crippen molar-refractivity contribution in [2.45, 2.75) is 121 Å². The molecule has 5 aliphatic rings. The summed E-state index contributed by atoms with van der Waals surface area (Å²) in [6.07, 6.45) is -0.438. The van der Waals surface area contributed by atoms with Crippen LogP contribution in [0, 0.1) is 28.6 Å². The number of hydrogen-bond acceptors (Lipinski definition) is 12. The van der Waals surface area contributed by atoms with Gasteiger partial charge in [-0.05, 0) is 124 Å². The zero-order valence-electron chi connectivity index (χ0n) is 40.5. The van der Waals surface area contributed by atoms with Gasteiger partial charge in [-0.3, -0.25) is 14.4 Å². The zero-order chi connectivity index (χ0) is 51.3. The predicted octanol–water partition coefficient (Wildman–Crippen LogP) is 9.47. The minimum atomic E-state index is -2.48. The summed E-state index contributed by atoms with van der Waals surface area (Å²) in [5.74, 6) is -6.06. The molecule has 3 amide bonds. The number of aliphatic hydroxyl groups is 1. The van der Waals surface area contributed by atoms with E-state index in [-0.39, 0.29) is 54.9 Å². The summed E-state index contributed by atoms with van der Waals surface area (Å²) >= 11 is 0.260. The van der Waals surface area contributed by atoms with Crippen LogP contribution in [-0.2, 0) is 28.6 Å². The number of hydrogen-bond donors (Lipinski definition) is 4. The Morgan fingerprint density at radius 3 is 2.31 bits per heavy atom. The highest BCUT2D eigenvalue weighted by atomic mass is 32.2. The van der Waals surface area contributed by atoms with Crippen molar-refractivity contribution in [2.75, 3.05) is 24.5 Å². The standard InChI is InChI=1S/C53H60F3N3O11S/c1-29-21-37-38-24-40(55)39-23-31(60)18-19-50(39,5)52(38,56)43(61)25-51(37,6)53(29,46(64)71-28-54)69-45(63)42-22-30(26-67-42)58-44(62)41(17-11-12-20-57-47(65)70-49(2,3)4)59-48(66)68-27-36-34-15-9-7-13-32(34)33-14-8-10-16-35(33)36/h7-10,13-16,18-19,22-23,26,29,36-38,40-41,43,61H,11-12,17,20-21,24-25,27-28H2,1-6H3,(H,57,65)(H,58,62)(H,59,66)/t29-,37+,38+,40+,41+,43+,50+,51+,52+,53+/m1/s1. The average molecular weight is 1000 g/mol. The summed E-state index contributed by atoms with van der Waals surface area (Å²) < 4.78 is 71.0. The van der Waals surface area contributed by atoms with Gasteiger partial charge in [0.25, 0.3) is 0 Å². The number of ketones is 1. The third-order valence-electron chi connectivity index (χ3n) is 15.5. The number of amides is 3. The van der Waals surface area contributed by atoms with Crippen molar-refractivity contribution < 1.29 is 65.7 Å². The van der Waals surface area contributed by atoms with Crippen LogP contribution in [0.4, 0.5) is 28.4 Å². The minimum Gasteiger partial charge on any atom is -0.455 e. The molecule has 18 heteroatoms. The summed E-state index contributed by atoms with van der Waals surface area (Å²) in [6.45, 7) is 10.0.